The lowest BCUT2D eigenvalue weighted by molar-refractivity contribution is -0.131. The van der Waals surface area contributed by atoms with E-state index in [-0.39, 0.29) is 23.8 Å². The maximum Gasteiger partial charge on any atom is 0.323 e. The minimum Gasteiger partial charge on any atom is -0.353 e. The van der Waals surface area contributed by atoms with Crippen LogP contribution in [0.2, 0.25) is 0 Å². The number of benzene rings is 1. The first-order valence-electron chi connectivity index (χ1n) is 8.94. The Kier molecular flexibility index (Phi) is 4.76. The first kappa shape index (κ1) is 17.5. The summed E-state index contributed by atoms with van der Waals surface area (Å²) in [6.07, 6.45) is 1.58. The topological polar surface area (TPSA) is 82.5 Å². The van der Waals surface area contributed by atoms with Gasteiger partial charge in [-0.3, -0.25) is 15.0 Å². The van der Waals surface area contributed by atoms with Gasteiger partial charge in [-0.2, -0.15) is 5.10 Å². The molecule has 2 aliphatic heterocycles. The molecule has 0 bridgehead atoms. The van der Waals surface area contributed by atoms with E-state index in [0.29, 0.717) is 38.5 Å². The van der Waals surface area contributed by atoms with E-state index in [1.165, 1.54) is 12.1 Å². The molecule has 3 amide bonds. The predicted octanol–water partition coefficient (Wildman–Crippen LogP) is 0.718. The van der Waals surface area contributed by atoms with Gasteiger partial charge in [-0.05, 0) is 17.7 Å². The molecule has 9 heteroatoms. The molecule has 0 radical (unpaired) electrons. The van der Waals surface area contributed by atoms with Gasteiger partial charge in [-0.15, -0.1) is 0 Å². The number of rotatable bonds is 3. The molecule has 3 heterocycles. The van der Waals surface area contributed by atoms with Gasteiger partial charge in [0.1, 0.15) is 17.7 Å². The van der Waals surface area contributed by atoms with Gasteiger partial charge < -0.3 is 10.2 Å². The van der Waals surface area contributed by atoms with Crippen molar-refractivity contribution in [3.8, 4) is 0 Å². The summed E-state index contributed by atoms with van der Waals surface area (Å²) in [7, 11) is 0. The Labute approximate surface area is 155 Å². The molecular weight excluding hydrogens is 351 g/mol. The number of aromatic nitrogens is 2. The summed E-state index contributed by atoms with van der Waals surface area (Å²) in [4.78, 5) is 28.5. The molecule has 0 aliphatic carbocycles. The average molecular weight is 372 g/mol. The number of carbonyl (C=O) groups excluding carboxylic acids is 2. The molecule has 1 unspecified atom stereocenters. The summed E-state index contributed by atoms with van der Waals surface area (Å²) in [6, 6.07) is 7.40. The molecule has 2 aliphatic rings. The van der Waals surface area contributed by atoms with Crippen LogP contribution in [0.5, 0.6) is 0 Å². The van der Waals surface area contributed by atoms with Crippen LogP contribution in [0, 0.1) is 5.82 Å². The number of fused-ring (bicyclic) bond motifs is 1. The van der Waals surface area contributed by atoms with E-state index in [4.69, 9.17) is 0 Å². The van der Waals surface area contributed by atoms with Crippen LogP contribution >= 0.6 is 0 Å². The van der Waals surface area contributed by atoms with Gasteiger partial charge in [0.15, 0.2) is 0 Å². The standard InChI is InChI=1S/C18H21FN6O2/c19-14-3-1-2-13(10-14)11-25-16(4-5-21-25)22-18(27)24-9-8-23-7-6-20-17(26)15(23)12-24/h1-5,10,15H,6-9,11-12H2,(H,20,26)(H,22,27). The van der Waals surface area contributed by atoms with Crippen molar-refractivity contribution in [1.29, 1.82) is 0 Å². The zero-order chi connectivity index (χ0) is 18.8. The third kappa shape index (κ3) is 3.77. The van der Waals surface area contributed by atoms with Crippen molar-refractivity contribution in [2.45, 2.75) is 12.6 Å². The maximum atomic E-state index is 13.4. The van der Waals surface area contributed by atoms with Crippen molar-refractivity contribution in [3.63, 3.8) is 0 Å². The number of anilines is 1. The van der Waals surface area contributed by atoms with E-state index >= 15 is 0 Å². The van der Waals surface area contributed by atoms with Crippen molar-refractivity contribution in [2.24, 2.45) is 0 Å². The second kappa shape index (κ2) is 7.36. The highest BCUT2D eigenvalue weighted by atomic mass is 19.1. The Morgan fingerprint density at radius 1 is 1.30 bits per heavy atom. The molecule has 1 aromatic heterocycles. The molecule has 0 saturated carbocycles. The van der Waals surface area contributed by atoms with Gasteiger partial charge in [0.25, 0.3) is 0 Å². The smallest absolute Gasteiger partial charge is 0.323 e. The number of amides is 3. The first-order valence-corrected chi connectivity index (χ1v) is 8.94. The lowest BCUT2D eigenvalue weighted by Gasteiger charge is -2.42. The molecule has 2 saturated heterocycles. The summed E-state index contributed by atoms with van der Waals surface area (Å²) in [5.41, 5.74) is 0.752. The van der Waals surface area contributed by atoms with Crippen molar-refractivity contribution >= 4 is 17.8 Å². The summed E-state index contributed by atoms with van der Waals surface area (Å²) in [5, 5.41) is 9.90. The normalized spacial score (nSPS) is 20.1. The van der Waals surface area contributed by atoms with E-state index in [1.807, 2.05) is 0 Å². The highest BCUT2D eigenvalue weighted by Gasteiger charge is 2.36. The summed E-state index contributed by atoms with van der Waals surface area (Å²) in [6.45, 7) is 3.41. The van der Waals surface area contributed by atoms with Gasteiger partial charge >= 0.3 is 6.03 Å². The molecule has 0 spiro atoms. The van der Waals surface area contributed by atoms with Crippen LogP contribution in [0.4, 0.5) is 15.0 Å². The molecule has 8 nitrogen and oxygen atoms in total. The van der Waals surface area contributed by atoms with Crippen LogP contribution in [0.15, 0.2) is 36.5 Å². The zero-order valence-corrected chi connectivity index (χ0v) is 14.8. The van der Waals surface area contributed by atoms with E-state index in [0.717, 1.165) is 12.1 Å². The third-order valence-electron chi connectivity index (χ3n) is 4.95. The molecule has 2 N–H and O–H groups in total. The van der Waals surface area contributed by atoms with Crippen LogP contribution in [-0.4, -0.2) is 70.3 Å². The number of piperazine rings is 2. The van der Waals surface area contributed by atoms with Crippen LogP contribution in [0.1, 0.15) is 5.56 Å². The fraction of sp³-hybridized carbons (Fsp3) is 0.389. The molecule has 2 fully saturated rings. The lowest BCUT2D eigenvalue weighted by Crippen LogP contribution is -2.64. The summed E-state index contributed by atoms with van der Waals surface area (Å²) >= 11 is 0. The number of halogens is 1. The van der Waals surface area contributed by atoms with E-state index in [2.05, 4.69) is 20.6 Å². The first-order chi connectivity index (χ1) is 13.1. The van der Waals surface area contributed by atoms with Crippen molar-refractivity contribution in [2.75, 3.05) is 38.0 Å². The molecule has 27 heavy (non-hydrogen) atoms. The fourth-order valence-corrected chi connectivity index (χ4v) is 3.52. The number of nitrogens with zero attached hydrogens (tertiary/aromatic N) is 4. The fourth-order valence-electron chi connectivity index (χ4n) is 3.52. The minimum atomic E-state index is -0.311. The van der Waals surface area contributed by atoms with Crippen LogP contribution in [0.25, 0.3) is 0 Å². The van der Waals surface area contributed by atoms with Crippen LogP contribution in [0.3, 0.4) is 0 Å². The highest BCUT2D eigenvalue weighted by molar-refractivity contribution is 5.90. The molecule has 2 aromatic rings. The van der Waals surface area contributed by atoms with Crippen molar-refractivity contribution in [3.05, 3.63) is 47.9 Å². The van der Waals surface area contributed by atoms with Crippen LogP contribution in [-0.2, 0) is 11.3 Å². The predicted molar refractivity (Wildman–Crippen MR) is 96.7 cm³/mol. The van der Waals surface area contributed by atoms with Gasteiger partial charge in [-0.25, -0.2) is 13.9 Å². The summed E-state index contributed by atoms with van der Waals surface area (Å²) in [5.74, 6) is 0.184. The van der Waals surface area contributed by atoms with Gasteiger partial charge in [0.2, 0.25) is 5.91 Å². The average Bonchev–Trinajstić information content (AvgIpc) is 3.08. The molecular formula is C18H21FN6O2. The Hall–Kier alpha value is -2.94. The summed E-state index contributed by atoms with van der Waals surface area (Å²) < 4.78 is 15.0. The quantitative estimate of drug-likeness (QED) is 0.832. The van der Waals surface area contributed by atoms with Gasteiger partial charge in [0, 0.05) is 38.8 Å². The lowest BCUT2D eigenvalue weighted by atomic mass is 10.1. The zero-order valence-electron chi connectivity index (χ0n) is 14.8. The van der Waals surface area contributed by atoms with Crippen LogP contribution < -0.4 is 10.6 Å². The second-order valence-corrected chi connectivity index (χ2v) is 6.72. The Morgan fingerprint density at radius 3 is 3.04 bits per heavy atom. The van der Waals surface area contributed by atoms with E-state index in [1.54, 1.807) is 34.0 Å². The molecule has 1 atom stereocenters. The largest absolute Gasteiger partial charge is 0.353 e. The van der Waals surface area contributed by atoms with E-state index in [9.17, 15) is 14.0 Å². The second-order valence-electron chi connectivity index (χ2n) is 6.72. The Bertz CT molecular complexity index is 854. The number of urea groups is 1. The van der Waals surface area contributed by atoms with Gasteiger partial charge in [0.05, 0.1) is 12.7 Å². The minimum absolute atomic E-state index is 0.0325. The number of carbonyl (C=O) groups is 2. The van der Waals surface area contributed by atoms with E-state index < -0.39 is 0 Å². The number of hydrogen-bond donors (Lipinski definition) is 2. The Balaban J connectivity index is 1.42. The van der Waals surface area contributed by atoms with Gasteiger partial charge in [-0.1, -0.05) is 12.1 Å². The molecule has 4 rings (SSSR count). The molecule has 1 aromatic carbocycles. The SMILES string of the molecule is O=C1NCCN2CCN(C(=O)Nc3ccnn3Cc3cccc(F)c3)CC12. The highest BCUT2D eigenvalue weighted by Crippen LogP contribution is 2.16. The Morgan fingerprint density at radius 2 is 2.19 bits per heavy atom. The van der Waals surface area contributed by atoms with Crippen molar-refractivity contribution < 1.29 is 14.0 Å². The number of hydrogen-bond acceptors (Lipinski definition) is 4. The number of nitrogens with one attached hydrogen (secondary N) is 2. The van der Waals surface area contributed by atoms with Crippen molar-refractivity contribution in [1.82, 2.24) is 24.9 Å². The maximum absolute atomic E-state index is 13.4. The molecule has 142 valence electrons. The monoisotopic (exact) mass is 372 g/mol. The third-order valence-corrected chi connectivity index (χ3v) is 4.95.